The molecule has 3 nitrogen and oxygen atoms in total. The molecule has 0 aliphatic heterocycles. The Balaban J connectivity index is 1.83. The van der Waals surface area contributed by atoms with Crippen LogP contribution < -0.4 is 5.32 Å². The van der Waals surface area contributed by atoms with E-state index in [0.717, 1.165) is 24.2 Å². The lowest BCUT2D eigenvalue weighted by Crippen LogP contribution is -2.10. The fraction of sp³-hybridized carbons (Fsp3) is 0.750. The molecule has 0 spiro atoms. The predicted octanol–water partition coefficient (Wildman–Crippen LogP) is 2.84. The Labute approximate surface area is 90.7 Å². The number of anilines is 1. The van der Waals surface area contributed by atoms with E-state index in [1.54, 1.807) is 0 Å². The first-order chi connectivity index (χ1) is 7.25. The molecule has 15 heavy (non-hydrogen) atoms. The normalized spacial score (nSPS) is 27.4. The van der Waals surface area contributed by atoms with E-state index in [1.807, 2.05) is 0 Å². The van der Waals surface area contributed by atoms with Crippen LogP contribution in [0.2, 0.25) is 0 Å². The summed E-state index contributed by atoms with van der Waals surface area (Å²) >= 11 is 0. The third-order valence-electron chi connectivity index (χ3n) is 3.76. The third kappa shape index (κ3) is 1.36. The molecule has 0 aromatic carbocycles. The first-order valence-electron chi connectivity index (χ1n) is 6.07. The molecule has 3 heteroatoms. The van der Waals surface area contributed by atoms with Crippen LogP contribution in [0.1, 0.15) is 56.2 Å². The molecule has 2 aliphatic rings. The van der Waals surface area contributed by atoms with Crippen molar-refractivity contribution >= 4 is 5.82 Å². The van der Waals surface area contributed by atoms with Gasteiger partial charge in [0.1, 0.15) is 0 Å². The quantitative estimate of drug-likeness (QED) is 0.796. The van der Waals surface area contributed by atoms with E-state index in [0.29, 0.717) is 5.92 Å². The second-order valence-electron chi connectivity index (χ2n) is 5.38. The molecule has 0 radical (unpaired) electrons. The van der Waals surface area contributed by atoms with Crippen molar-refractivity contribution in [2.75, 3.05) is 11.9 Å². The van der Waals surface area contributed by atoms with Gasteiger partial charge in [-0.2, -0.15) is 5.10 Å². The van der Waals surface area contributed by atoms with Crippen molar-refractivity contribution in [3.8, 4) is 0 Å². The van der Waals surface area contributed by atoms with Gasteiger partial charge in [0.25, 0.3) is 0 Å². The minimum atomic E-state index is 0.677. The number of fused-ring (bicyclic) bond motifs is 5. The van der Waals surface area contributed by atoms with Gasteiger partial charge in [-0.3, -0.25) is 5.10 Å². The molecule has 0 amide bonds. The zero-order valence-corrected chi connectivity index (χ0v) is 9.51. The van der Waals surface area contributed by atoms with Gasteiger partial charge in [-0.15, -0.1) is 0 Å². The molecule has 2 aliphatic carbocycles. The summed E-state index contributed by atoms with van der Waals surface area (Å²) < 4.78 is 0. The van der Waals surface area contributed by atoms with E-state index in [9.17, 15) is 0 Å². The van der Waals surface area contributed by atoms with Crippen LogP contribution in [-0.2, 0) is 0 Å². The fourth-order valence-corrected chi connectivity index (χ4v) is 3.03. The lowest BCUT2D eigenvalue weighted by molar-refractivity contribution is 0.682. The van der Waals surface area contributed by atoms with E-state index in [2.05, 4.69) is 29.4 Å². The molecule has 2 N–H and O–H groups in total. The van der Waals surface area contributed by atoms with E-state index < -0.39 is 0 Å². The fourth-order valence-electron chi connectivity index (χ4n) is 3.03. The summed E-state index contributed by atoms with van der Waals surface area (Å²) in [7, 11) is 0. The minimum Gasteiger partial charge on any atom is -0.368 e. The summed E-state index contributed by atoms with van der Waals surface area (Å²) in [6, 6.07) is 0. The molecule has 82 valence electrons. The summed E-state index contributed by atoms with van der Waals surface area (Å²) in [5.41, 5.74) is 2.93. The van der Waals surface area contributed by atoms with Crippen molar-refractivity contribution in [1.82, 2.24) is 10.2 Å². The van der Waals surface area contributed by atoms with E-state index >= 15 is 0 Å². The number of rotatable bonds is 3. The van der Waals surface area contributed by atoms with Crippen LogP contribution >= 0.6 is 0 Å². The van der Waals surface area contributed by atoms with E-state index in [4.69, 9.17) is 0 Å². The van der Waals surface area contributed by atoms with Gasteiger partial charge >= 0.3 is 0 Å². The molecule has 3 rings (SSSR count). The molecule has 1 saturated carbocycles. The summed E-state index contributed by atoms with van der Waals surface area (Å²) in [6.45, 7) is 5.48. The monoisotopic (exact) mass is 205 g/mol. The van der Waals surface area contributed by atoms with Crippen LogP contribution in [-0.4, -0.2) is 16.7 Å². The highest BCUT2D eigenvalue weighted by molar-refractivity contribution is 5.54. The lowest BCUT2D eigenvalue weighted by atomic mass is 9.97. The minimum absolute atomic E-state index is 0.677. The van der Waals surface area contributed by atoms with Gasteiger partial charge in [0.15, 0.2) is 5.82 Å². The highest BCUT2D eigenvalue weighted by Gasteiger charge is 2.40. The second-order valence-corrected chi connectivity index (χ2v) is 5.38. The number of aromatic amines is 1. The van der Waals surface area contributed by atoms with Crippen LogP contribution in [0, 0.1) is 5.92 Å². The van der Waals surface area contributed by atoms with Gasteiger partial charge in [-0.25, -0.2) is 0 Å². The Morgan fingerprint density at radius 2 is 2.20 bits per heavy atom. The molecule has 2 bridgehead atoms. The van der Waals surface area contributed by atoms with Crippen molar-refractivity contribution in [2.24, 2.45) is 5.92 Å². The van der Waals surface area contributed by atoms with Crippen LogP contribution in [0.3, 0.4) is 0 Å². The summed E-state index contributed by atoms with van der Waals surface area (Å²) in [5, 5.41) is 11.1. The Hall–Kier alpha value is -0.990. The van der Waals surface area contributed by atoms with Crippen molar-refractivity contribution in [1.29, 1.82) is 0 Å². The smallest absolute Gasteiger partial charge is 0.151 e. The first kappa shape index (κ1) is 9.25. The van der Waals surface area contributed by atoms with Gasteiger partial charge in [0.05, 0.1) is 0 Å². The van der Waals surface area contributed by atoms with Crippen molar-refractivity contribution < 1.29 is 0 Å². The maximum atomic E-state index is 4.41. The molecule has 0 saturated heterocycles. The summed E-state index contributed by atoms with van der Waals surface area (Å²) in [5.74, 6) is 3.38. The SMILES string of the molecule is CC(C)CNc1n[nH]c2c1C1CCC2C1. The van der Waals surface area contributed by atoms with Crippen LogP contribution in [0.4, 0.5) is 5.82 Å². The predicted molar refractivity (Wildman–Crippen MR) is 61.2 cm³/mol. The van der Waals surface area contributed by atoms with Gasteiger partial charge in [0, 0.05) is 23.7 Å². The van der Waals surface area contributed by atoms with E-state index in [-0.39, 0.29) is 0 Å². The molecular formula is C12H19N3. The van der Waals surface area contributed by atoms with Gasteiger partial charge < -0.3 is 5.32 Å². The Bertz CT molecular complexity index is 367. The molecule has 2 unspecified atom stereocenters. The number of H-pyrrole nitrogens is 1. The average molecular weight is 205 g/mol. The number of aromatic nitrogens is 2. The van der Waals surface area contributed by atoms with Crippen molar-refractivity contribution in [3.63, 3.8) is 0 Å². The topological polar surface area (TPSA) is 40.7 Å². The zero-order valence-electron chi connectivity index (χ0n) is 9.51. The first-order valence-corrected chi connectivity index (χ1v) is 6.07. The number of nitrogens with zero attached hydrogens (tertiary/aromatic N) is 1. The zero-order chi connectivity index (χ0) is 10.4. The number of nitrogens with one attached hydrogen (secondary N) is 2. The van der Waals surface area contributed by atoms with Gasteiger partial charge in [-0.05, 0) is 31.1 Å². The molecule has 1 aromatic rings. The summed E-state index contributed by atoms with van der Waals surface area (Å²) in [4.78, 5) is 0. The van der Waals surface area contributed by atoms with Crippen molar-refractivity contribution in [2.45, 2.75) is 44.9 Å². The van der Waals surface area contributed by atoms with Crippen LogP contribution in [0.25, 0.3) is 0 Å². The van der Waals surface area contributed by atoms with Gasteiger partial charge in [-0.1, -0.05) is 13.8 Å². The third-order valence-corrected chi connectivity index (χ3v) is 3.76. The van der Waals surface area contributed by atoms with Gasteiger partial charge in [0.2, 0.25) is 0 Å². The molecular weight excluding hydrogens is 186 g/mol. The maximum absolute atomic E-state index is 4.41. The molecule has 1 fully saturated rings. The summed E-state index contributed by atoms with van der Waals surface area (Å²) in [6.07, 6.45) is 4.09. The number of hydrogen-bond acceptors (Lipinski definition) is 2. The Morgan fingerprint density at radius 3 is 3.00 bits per heavy atom. The molecule has 1 heterocycles. The Kier molecular flexibility index (Phi) is 2.01. The molecule has 2 atom stereocenters. The largest absolute Gasteiger partial charge is 0.368 e. The number of hydrogen-bond donors (Lipinski definition) is 2. The lowest BCUT2D eigenvalue weighted by Gasteiger charge is -2.12. The van der Waals surface area contributed by atoms with Crippen LogP contribution in [0.5, 0.6) is 0 Å². The molecule has 1 aromatic heterocycles. The standard InChI is InChI=1S/C12H19N3/c1-7(2)6-13-12-10-8-3-4-9(5-8)11(10)14-15-12/h7-9H,3-6H2,1-2H3,(H2,13,14,15). The highest BCUT2D eigenvalue weighted by Crippen LogP contribution is 2.54. The highest BCUT2D eigenvalue weighted by atomic mass is 15.2. The van der Waals surface area contributed by atoms with Crippen LogP contribution in [0.15, 0.2) is 0 Å². The average Bonchev–Trinajstić information content (AvgIpc) is 2.87. The van der Waals surface area contributed by atoms with Crippen molar-refractivity contribution in [3.05, 3.63) is 11.3 Å². The Morgan fingerprint density at radius 1 is 1.40 bits per heavy atom. The maximum Gasteiger partial charge on any atom is 0.151 e. The van der Waals surface area contributed by atoms with E-state index in [1.165, 1.54) is 30.5 Å². The second kappa shape index (κ2) is 3.26.